The van der Waals surface area contributed by atoms with E-state index in [1.54, 1.807) is 13.3 Å². The molecule has 1 fully saturated rings. The summed E-state index contributed by atoms with van der Waals surface area (Å²) < 4.78 is 6.24. The highest BCUT2D eigenvalue weighted by Gasteiger charge is 2.28. The van der Waals surface area contributed by atoms with Crippen molar-refractivity contribution in [3.63, 3.8) is 0 Å². The first kappa shape index (κ1) is 22.0. The molecule has 1 rings (SSSR count). The number of halogens is 1. The molecule has 0 spiro atoms. The number of ether oxygens (including phenoxy) is 1. The lowest BCUT2D eigenvalue weighted by atomic mass is 9.82. The van der Waals surface area contributed by atoms with Crippen LogP contribution in [-0.2, 0) is 14.4 Å². The van der Waals surface area contributed by atoms with Crippen molar-refractivity contribution < 1.29 is 14.4 Å². The summed E-state index contributed by atoms with van der Waals surface area (Å²) in [6, 6.07) is 0. The van der Waals surface area contributed by atoms with Crippen LogP contribution in [0.2, 0.25) is 0 Å². The molecule has 1 N–H and O–H groups in total. The highest BCUT2D eigenvalue weighted by atomic mass is 79.9. The lowest BCUT2D eigenvalue weighted by molar-refractivity contribution is -0.146. The highest BCUT2D eigenvalue weighted by molar-refractivity contribution is 9.12. The van der Waals surface area contributed by atoms with E-state index in [0.717, 1.165) is 48.1 Å². The average molecular weight is 417 g/mol. The van der Waals surface area contributed by atoms with Gasteiger partial charge < -0.3 is 9.64 Å². The summed E-state index contributed by atoms with van der Waals surface area (Å²) in [5.41, 5.74) is 5.28. The first-order valence-electron chi connectivity index (χ1n) is 9.01. The molecular weight excluding hydrogens is 384 g/mol. The van der Waals surface area contributed by atoms with Crippen molar-refractivity contribution in [2.45, 2.75) is 66.4 Å². The van der Waals surface area contributed by atoms with Crippen LogP contribution in [0.15, 0.2) is 22.0 Å². The minimum atomic E-state index is -0.179. The zero-order valence-electron chi connectivity index (χ0n) is 16.4. The van der Waals surface area contributed by atoms with E-state index in [4.69, 9.17) is 9.57 Å². The number of nitrogens with one attached hydrogen (secondary N) is 1. The van der Waals surface area contributed by atoms with Crippen LogP contribution in [-0.4, -0.2) is 37.2 Å². The molecule has 1 heterocycles. The van der Waals surface area contributed by atoms with Crippen LogP contribution >= 0.6 is 15.9 Å². The quantitative estimate of drug-likeness (QED) is 0.358. The molecular formula is C19H33BrN2O3. The maximum absolute atomic E-state index is 12.2. The topological polar surface area (TPSA) is 50.8 Å². The van der Waals surface area contributed by atoms with Crippen molar-refractivity contribution in [2.24, 2.45) is 5.41 Å². The van der Waals surface area contributed by atoms with Gasteiger partial charge in [-0.05, 0) is 60.0 Å². The van der Waals surface area contributed by atoms with Gasteiger partial charge in [0.1, 0.15) is 0 Å². The Morgan fingerprint density at radius 1 is 1.32 bits per heavy atom. The summed E-state index contributed by atoms with van der Waals surface area (Å²) >= 11 is 3.66. The van der Waals surface area contributed by atoms with Gasteiger partial charge in [-0.25, -0.2) is 0 Å². The summed E-state index contributed by atoms with van der Waals surface area (Å²) in [6.45, 7) is 12.4. The third kappa shape index (κ3) is 7.40. The minimum absolute atomic E-state index is 0.0982. The molecule has 144 valence electrons. The summed E-state index contributed by atoms with van der Waals surface area (Å²) in [4.78, 5) is 19.5. The maximum Gasteiger partial charge on any atom is 0.310 e. The van der Waals surface area contributed by atoms with E-state index in [-0.39, 0.29) is 12.1 Å². The molecule has 0 unspecified atom stereocenters. The first-order valence-corrected chi connectivity index (χ1v) is 9.80. The highest BCUT2D eigenvalue weighted by Crippen LogP contribution is 2.36. The maximum atomic E-state index is 12.2. The van der Waals surface area contributed by atoms with Crippen LogP contribution in [0.5, 0.6) is 0 Å². The third-order valence-electron chi connectivity index (χ3n) is 4.45. The zero-order chi connectivity index (χ0) is 19.0. The molecule has 1 aliphatic heterocycles. The van der Waals surface area contributed by atoms with Crippen LogP contribution < -0.4 is 5.48 Å². The van der Waals surface area contributed by atoms with Gasteiger partial charge >= 0.3 is 5.97 Å². The lowest BCUT2D eigenvalue weighted by Gasteiger charge is -2.40. The number of allylic oxidation sites excluding steroid dienone is 1. The molecule has 0 aromatic heterocycles. The predicted octanol–water partition coefficient (Wildman–Crippen LogP) is 4.50. The molecule has 6 heteroatoms. The van der Waals surface area contributed by atoms with E-state index in [0.29, 0.717) is 11.8 Å². The van der Waals surface area contributed by atoms with E-state index < -0.39 is 0 Å². The molecule has 0 aromatic carbocycles. The van der Waals surface area contributed by atoms with Crippen molar-refractivity contribution in [2.75, 3.05) is 20.2 Å². The monoisotopic (exact) mass is 416 g/mol. The Morgan fingerprint density at radius 3 is 2.40 bits per heavy atom. The van der Waals surface area contributed by atoms with Gasteiger partial charge in [0.05, 0.1) is 29.8 Å². The fourth-order valence-electron chi connectivity index (χ4n) is 2.91. The van der Waals surface area contributed by atoms with Crippen molar-refractivity contribution in [3.8, 4) is 0 Å². The van der Waals surface area contributed by atoms with Gasteiger partial charge in [0.2, 0.25) is 0 Å². The van der Waals surface area contributed by atoms with Crippen molar-refractivity contribution >= 4 is 21.9 Å². The average Bonchev–Trinajstić information content (AvgIpc) is 2.52. The van der Waals surface area contributed by atoms with E-state index in [9.17, 15) is 4.79 Å². The van der Waals surface area contributed by atoms with Crippen LogP contribution in [0.1, 0.15) is 60.3 Å². The van der Waals surface area contributed by atoms with E-state index >= 15 is 0 Å². The minimum Gasteiger partial charge on any atom is -0.463 e. The molecule has 0 atom stereocenters. The molecule has 25 heavy (non-hydrogen) atoms. The van der Waals surface area contributed by atoms with Gasteiger partial charge in [-0.15, -0.1) is 0 Å². The number of rotatable bonds is 8. The Balaban J connectivity index is 3.11. The standard InChI is InChI=1S/C19H33BrN2O3/c1-7-15(12-17(23)25-14(2)3)18(16(20)13-21-24-6)22-10-8-19(4,5)9-11-22/h13-14,21H,7-12H2,1-6H3/b16-13+,18-15-. The zero-order valence-corrected chi connectivity index (χ0v) is 18.0. The molecule has 5 nitrogen and oxygen atoms in total. The van der Waals surface area contributed by atoms with Gasteiger partial charge in [-0.1, -0.05) is 20.8 Å². The second-order valence-electron chi connectivity index (χ2n) is 7.49. The lowest BCUT2D eigenvalue weighted by Crippen LogP contribution is -2.37. The second kappa shape index (κ2) is 10.2. The number of hydroxylamine groups is 1. The van der Waals surface area contributed by atoms with Gasteiger partial charge in [0.15, 0.2) is 0 Å². The molecule has 0 bridgehead atoms. The van der Waals surface area contributed by atoms with Gasteiger partial charge in [0, 0.05) is 19.3 Å². The Morgan fingerprint density at radius 2 is 1.92 bits per heavy atom. The van der Waals surface area contributed by atoms with E-state index in [1.807, 2.05) is 13.8 Å². The van der Waals surface area contributed by atoms with E-state index in [2.05, 4.69) is 47.1 Å². The number of carbonyl (C=O) groups excluding carboxylic acids is 1. The second-order valence-corrected chi connectivity index (χ2v) is 8.34. The molecule has 0 radical (unpaired) electrons. The fourth-order valence-corrected chi connectivity index (χ4v) is 3.54. The number of likely N-dealkylation sites (tertiary alicyclic amines) is 1. The van der Waals surface area contributed by atoms with Gasteiger partial charge in [0.25, 0.3) is 0 Å². The van der Waals surface area contributed by atoms with Gasteiger partial charge in [-0.3, -0.25) is 15.1 Å². The normalized spacial score (nSPS) is 18.9. The number of carbonyl (C=O) groups is 1. The Bertz CT molecular complexity index is 503. The molecule has 0 saturated carbocycles. The van der Waals surface area contributed by atoms with Crippen molar-refractivity contribution in [1.82, 2.24) is 10.4 Å². The van der Waals surface area contributed by atoms with Crippen molar-refractivity contribution in [3.05, 3.63) is 22.0 Å². The number of nitrogens with zero attached hydrogens (tertiary/aromatic N) is 1. The van der Waals surface area contributed by atoms with Crippen LogP contribution in [0.25, 0.3) is 0 Å². The smallest absolute Gasteiger partial charge is 0.310 e. The number of hydrogen-bond donors (Lipinski definition) is 1. The van der Waals surface area contributed by atoms with Gasteiger partial charge in [-0.2, -0.15) is 0 Å². The molecule has 0 amide bonds. The molecule has 1 aliphatic rings. The number of hydrogen-bond acceptors (Lipinski definition) is 5. The predicted molar refractivity (Wildman–Crippen MR) is 105 cm³/mol. The summed E-state index contributed by atoms with van der Waals surface area (Å²) in [5, 5.41) is 0. The number of esters is 1. The van der Waals surface area contributed by atoms with Crippen molar-refractivity contribution in [1.29, 1.82) is 0 Å². The summed E-state index contributed by atoms with van der Waals surface area (Å²) in [5.74, 6) is -0.179. The summed E-state index contributed by atoms with van der Waals surface area (Å²) in [7, 11) is 1.57. The Kier molecular flexibility index (Phi) is 9.00. The Labute approximate surface area is 160 Å². The van der Waals surface area contributed by atoms with Crippen LogP contribution in [0.4, 0.5) is 0 Å². The van der Waals surface area contributed by atoms with E-state index in [1.165, 1.54) is 0 Å². The molecule has 0 aliphatic carbocycles. The largest absolute Gasteiger partial charge is 0.463 e. The van der Waals surface area contributed by atoms with Crippen LogP contribution in [0.3, 0.4) is 0 Å². The fraction of sp³-hybridized carbons (Fsp3) is 0.737. The molecule has 0 aromatic rings. The first-order chi connectivity index (χ1) is 11.7. The summed E-state index contributed by atoms with van der Waals surface area (Å²) in [6.07, 6.45) is 5.03. The Hall–Kier alpha value is -1.01. The van der Waals surface area contributed by atoms with Crippen LogP contribution in [0, 0.1) is 5.41 Å². The molecule has 1 saturated heterocycles. The number of piperidine rings is 1. The SMILES string of the molecule is CC/C(CC(=O)OC(C)C)=C(\C(Br)=C/NOC)N1CCC(C)(C)CC1. The third-order valence-corrected chi connectivity index (χ3v) is 5.05.